The quantitative estimate of drug-likeness (QED) is 0.435. The van der Waals surface area contributed by atoms with Gasteiger partial charge >= 0.3 is 30.6 Å². The molecule has 0 aromatic heterocycles. The molecular weight excluding hydrogens is 244 g/mol. The van der Waals surface area contributed by atoms with E-state index in [4.69, 9.17) is 0 Å². The largest absolute Gasteiger partial charge is 0.427 e. The summed E-state index contributed by atoms with van der Waals surface area (Å²) in [5, 5.41) is 10.2. The van der Waals surface area contributed by atoms with Gasteiger partial charge in [0.2, 0.25) is 0 Å². The summed E-state index contributed by atoms with van der Waals surface area (Å²) >= 11 is 0. The molecule has 15 heavy (non-hydrogen) atoms. The average molecular weight is 244 g/mol. The minimum absolute atomic E-state index is 1.81. The van der Waals surface area contributed by atoms with Gasteiger partial charge < -0.3 is 0 Å². The maximum atomic E-state index is 10.5. The minimum Gasteiger partial charge on any atom is -0.249 e. The van der Waals surface area contributed by atoms with Crippen molar-refractivity contribution in [1.82, 2.24) is 0 Å². The number of rotatable bonds is 2. The van der Waals surface area contributed by atoms with Crippen LogP contribution in [0.25, 0.3) is 0 Å². The van der Waals surface area contributed by atoms with Crippen LogP contribution in [0, 0.1) is 20.2 Å². The SMILES string of the molecule is O=C(O[N+](=O)[O-])S(=O)(=O)C(=O)O[N+](=O)[O-]. The molecule has 0 radical (unpaired) electrons. The first-order valence-corrected chi connectivity index (χ1v) is 4.14. The second-order valence-corrected chi connectivity index (χ2v) is 3.31. The lowest BCUT2D eigenvalue weighted by Crippen LogP contribution is -2.28. The Morgan fingerprint density at radius 3 is 1.40 bits per heavy atom. The van der Waals surface area contributed by atoms with Crippen LogP contribution in [0.1, 0.15) is 0 Å². The maximum absolute atomic E-state index is 10.5. The molecule has 0 aliphatic heterocycles. The second-order valence-electron chi connectivity index (χ2n) is 1.63. The fourth-order valence-corrected chi connectivity index (χ4v) is 0.742. The van der Waals surface area contributed by atoms with E-state index in [0.29, 0.717) is 0 Å². The molecule has 13 heteroatoms. The number of hydrogen-bond acceptors (Lipinski definition) is 10. The molecule has 0 heterocycles. The summed E-state index contributed by atoms with van der Waals surface area (Å²) in [5.41, 5.74) is 0. The number of hydrogen-bond donors (Lipinski definition) is 0. The highest BCUT2D eigenvalue weighted by atomic mass is 32.2. The third-order valence-electron chi connectivity index (χ3n) is 0.737. The van der Waals surface area contributed by atoms with Crippen LogP contribution in [0.4, 0.5) is 9.59 Å². The van der Waals surface area contributed by atoms with Crippen molar-refractivity contribution < 1.29 is 37.9 Å². The highest BCUT2D eigenvalue weighted by Gasteiger charge is 2.37. The van der Waals surface area contributed by atoms with E-state index in [0.717, 1.165) is 0 Å². The highest BCUT2D eigenvalue weighted by Crippen LogP contribution is 2.01. The Morgan fingerprint density at radius 1 is 0.933 bits per heavy atom. The molecule has 0 saturated carbocycles. The van der Waals surface area contributed by atoms with E-state index < -0.39 is 30.6 Å². The van der Waals surface area contributed by atoms with Gasteiger partial charge in [-0.25, -0.2) is 27.7 Å². The number of nitrogens with zero attached hydrogens (tertiary/aromatic N) is 2. The van der Waals surface area contributed by atoms with Gasteiger partial charge in [-0.1, -0.05) is 0 Å². The Kier molecular flexibility index (Phi) is 3.61. The van der Waals surface area contributed by atoms with Crippen LogP contribution in [-0.4, -0.2) is 29.2 Å². The number of carbonyl (C=O) groups is 2. The van der Waals surface area contributed by atoms with Gasteiger partial charge in [-0.05, 0) is 0 Å². The Balaban J connectivity index is 4.83. The molecule has 0 aliphatic carbocycles. The molecule has 0 aromatic carbocycles. The van der Waals surface area contributed by atoms with Crippen molar-refractivity contribution in [2.75, 3.05) is 0 Å². The first-order valence-electron chi connectivity index (χ1n) is 2.65. The summed E-state index contributed by atoms with van der Waals surface area (Å²) < 4.78 is 21.1. The minimum atomic E-state index is -5.53. The fraction of sp³-hybridized carbons (Fsp3) is 0. The molecule has 0 fully saturated rings. The third kappa shape index (κ3) is 3.51. The van der Waals surface area contributed by atoms with Crippen LogP contribution in [0.2, 0.25) is 0 Å². The molecule has 0 aliphatic rings. The zero-order valence-electron chi connectivity index (χ0n) is 6.39. The van der Waals surface area contributed by atoms with Crippen LogP contribution in [0.5, 0.6) is 0 Å². The molecule has 0 saturated heterocycles. The summed E-state index contributed by atoms with van der Waals surface area (Å²) in [6.45, 7) is 0. The average Bonchev–Trinajstić information content (AvgIpc) is 2.01. The normalized spacial score (nSPS) is 10.1. The van der Waals surface area contributed by atoms with Crippen LogP contribution < -0.4 is 0 Å². The molecule has 0 aromatic rings. The van der Waals surface area contributed by atoms with Crippen LogP contribution in [0.15, 0.2) is 0 Å². The van der Waals surface area contributed by atoms with Gasteiger partial charge in [0.05, 0.1) is 0 Å². The molecule has 0 N–H and O–H groups in total. The standard InChI is InChI=1S/C2N2O10S/c5-1(13-3(7)8)15(11,12)2(6)14-4(9)10. The van der Waals surface area contributed by atoms with Crippen molar-refractivity contribution in [3.05, 3.63) is 20.2 Å². The Morgan fingerprint density at radius 2 is 1.20 bits per heavy atom. The van der Waals surface area contributed by atoms with Crippen LogP contribution >= 0.6 is 0 Å². The van der Waals surface area contributed by atoms with Crippen molar-refractivity contribution in [3.8, 4) is 0 Å². The Hall–Kier alpha value is -2.31. The van der Waals surface area contributed by atoms with E-state index in [1.54, 1.807) is 0 Å². The summed E-state index contributed by atoms with van der Waals surface area (Å²) in [5.74, 6) is 0. The number of carbonyl (C=O) groups excluding carboxylic acids is 2. The van der Waals surface area contributed by atoms with Crippen LogP contribution in [-0.2, 0) is 19.5 Å². The van der Waals surface area contributed by atoms with E-state index in [2.05, 4.69) is 9.68 Å². The van der Waals surface area contributed by atoms with E-state index in [-0.39, 0.29) is 0 Å². The van der Waals surface area contributed by atoms with Gasteiger partial charge in [0.1, 0.15) is 0 Å². The molecule has 0 spiro atoms. The smallest absolute Gasteiger partial charge is 0.249 e. The third-order valence-corrected chi connectivity index (χ3v) is 1.76. The molecule has 0 amide bonds. The van der Waals surface area contributed by atoms with Crippen LogP contribution in [0.3, 0.4) is 0 Å². The van der Waals surface area contributed by atoms with Crippen molar-refractivity contribution in [2.45, 2.75) is 0 Å². The van der Waals surface area contributed by atoms with E-state index in [9.17, 15) is 38.2 Å². The zero-order chi connectivity index (χ0) is 12.2. The molecule has 0 atom stereocenters. The zero-order valence-corrected chi connectivity index (χ0v) is 7.20. The summed E-state index contributed by atoms with van der Waals surface area (Å²) in [4.78, 5) is 45.5. The monoisotopic (exact) mass is 244 g/mol. The summed E-state index contributed by atoms with van der Waals surface area (Å²) in [6.07, 6.45) is 0. The fourth-order valence-electron chi connectivity index (χ4n) is 0.288. The predicted octanol–water partition coefficient (Wildman–Crippen LogP) is -0.942. The summed E-state index contributed by atoms with van der Waals surface area (Å²) in [6, 6.07) is 0. The predicted molar refractivity (Wildman–Crippen MR) is 35.9 cm³/mol. The molecule has 84 valence electrons. The van der Waals surface area contributed by atoms with Crippen molar-refractivity contribution in [2.24, 2.45) is 0 Å². The van der Waals surface area contributed by atoms with Gasteiger partial charge in [-0.15, -0.1) is 20.2 Å². The van der Waals surface area contributed by atoms with E-state index in [1.165, 1.54) is 0 Å². The van der Waals surface area contributed by atoms with Crippen molar-refractivity contribution in [1.29, 1.82) is 0 Å². The van der Waals surface area contributed by atoms with Gasteiger partial charge in [0.15, 0.2) is 0 Å². The Labute approximate surface area is 79.5 Å². The summed E-state index contributed by atoms with van der Waals surface area (Å²) in [7, 11) is -5.53. The van der Waals surface area contributed by atoms with Crippen molar-refractivity contribution >= 4 is 20.4 Å². The first-order chi connectivity index (χ1) is 6.67. The molecule has 0 bridgehead atoms. The lowest BCUT2D eigenvalue weighted by Gasteiger charge is -1.96. The number of sulfone groups is 1. The maximum Gasteiger partial charge on any atom is 0.427 e. The second kappa shape index (κ2) is 4.27. The highest BCUT2D eigenvalue weighted by molar-refractivity contribution is 8.18. The topological polar surface area (TPSA) is 173 Å². The van der Waals surface area contributed by atoms with Crippen molar-refractivity contribution in [3.63, 3.8) is 0 Å². The van der Waals surface area contributed by atoms with Gasteiger partial charge in [-0.3, -0.25) is 0 Å². The van der Waals surface area contributed by atoms with Gasteiger partial charge in [-0.2, -0.15) is 0 Å². The molecule has 0 unspecified atom stereocenters. The van der Waals surface area contributed by atoms with Gasteiger partial charge in [0, 0.05) is 0 Å². The Bertz CT molecular complexity index is 385. The molecule has 0 rings (SSSR count). The first kappa shape index (κ1) is 12.7. The molecular formula is C2N2O10S. The van der Waals surface area contributed by atoms with E-state index >= 15 is 0 Å². The van der Waals surface area contributed by atoms with Gasteiger partial charge in [0.25, 0.3) is 0 Å². The lowest BCUT2D eigenvalue weighted by molar-refractivity contribution is -0.726. The lowest BCUT2D eigenvalue weighted by atomic mass is 11.5. The molecule has 12 nitrogen and oxygen atoms in total. The van der Waals surface area contributed by atoms with E-state index in [1.807, 2.05) is 0 Å².